The molecule has 1 saturated carbocycles. The van der Waals surface area contributed by atoms with E-state index in [1.165, 1.54) is 12.1 Å². The number of nitrogens with zero attached hydrogens (tertiary/aromatic N) is 2. The molecule has 0 heterocycles. The molecule has 1 unspecified atom stereocenters. The lowest BCUT2D eigenvalue weighted by Crippen LogP contribution is -2.44. The second-order valence-corrected chi connectivity index (χ2v) is 12.2. The average Bonchev–Trinajstić information content (AvgIpc) is 3.09. The van der Waals surface area contributed by atoms with Crippen molar-refractivity contribution in [3.8, 4) is 17.2 Å². The van der Waals surface area contributed by atoms with Gasteiger partial charge in [0.1, 0.15) is 29.5 Å². The van der Waals surface area contributed by atoms with Gasteiger partial charge in [0.25, 0.3) is 22.9 Å². The second-order valence-electron chi connectivity index (χ2n) is 11.4. The van der Waals surface area contributed by atoms with E-state index in [1.54, 1.807) is 24.3 Å². The minimum absolute atomic E-state index is 0.0555. The number of hydrogen-bond acceptors (Lipinski definition) is 9. The van der Waals surface area contributed by atoms with Gasteiger partial charge in [0, 0.05) is 18.5 Å². The van der Waals surface area contributed by atoms with Crippen LogP contribution >= 0.6 is 0 Å². The number of carbonyl (C=O) groups is 2. The van der Waals surface area contributed by atoms with Crippen LogP contribution in [-0.4, -0.2) is 37.8 Å². The zero-order valence-corrected chi connectivity index (χ0v) is 27.3. The summed E-state index contributed by atoms with van der Waals surface area (Å²) in [6.07, 6.45) is 1.75. The normalized spacial score (nSPS) is 14.2. The second kappa shape index (κ2) is 16.6. The lowest BCUT2D eigenvalue weighted by Gasteiger charge is -2.25. The summed E-state index contributed by atoms with van der Waals surface area (Å²) in [5, 5.41) is 15.1. The van der Waals surface area contributed by atoms with Crippen molar-refractivity contribution in [1.29, 1.82) is 0 Å². The first kappa shape index (κ1) is 34.9. The average molecular weight is 689 g/mol. The number of hydrogen-bond donors (Lipinski definition) is 3. The van der Waals surface area contributed by atoms with E-state index in [2.05, 4.69) is 5.32 Å². The predicted molar refractivity (Wildman–Crippen MR) is 184 cm³/mol. The Morgan fingerprint density at radius 2 is 1.55 bits per heavy atom. The molecule has 2 amide bonds. The molecule has 49 heavy (non-hydrogen) atoms. The third-order valence-corrected chi connectivity index (χ3v) is 8.62. The van der Waals surface area contributed by atoms with Crippen molar-refractivity contribution in [3.05, 3.63) is 118 Å². The monoisotopic (exact) mass is 688 g/mol. The minimum atomic E-state index is -2.97. The highest BCUT2D eigenvalue weighted by Crippen LogP contribution is 2.33. The minimum Gasteiger partial charge on any atom is -0.489 e. The summed E-state index contributed by atoms with van der Waals surface area (Å²) in [4.78, 5) is 36.7. The van der Waals surface area contributed by atoms with E-state index < -0.39 is 34.3 Å². The Balaban J connectivity index is 1.25. The molecule has 0 bridgehead atoms. The van der Waals surface area contributed by atoms with Crippen LogP contribution in [0.1, 0.15) is 43.2 Å². The number of nitrogens with two attached hydrogens (primary N) is 1. The molecule has 5 rings (SSSR count). The first-order valence-corrected chi connectivity index (χ1v) is 16.7. The van der Waals surface area contributed by atoms with Gasteiger partial charge < -0.3 is 25.3 Å². The standard InChI is InChI=1S/C35H36N4O9S/c36-35(41)48-33(34(40)38(49(44)45)27-15-20-31(32(22-27)39(42)43)37-26-7-3-1-4-8-26)21-24-11-16-28(17-12-24)46-23-25-13-18-30(19-14-25)47-29-9-5-2-6-10-29/h2,5-6,9-20,22,26,33,37H,1,3-4,7-8,21,23H2,(H2,36,41)(H,44,45)/t33-/m0/s1. The maximum absolute atomic E-state index is 13.6. The number of carbonyl (C=O) groups excluding carboxylic acids is 2. The van der Waals surface area contributed by atoms with Crippen LogP contribution in [0.5, 0.6) is 17.2 Å². The molecule has 4 aromatic rings. The van der Waals surface area contributed by atoms with Crippen LogP contribution in [0.15, 0.2) is 97.1 Å². The largest absolute Gasteiger partial charge is 0.489 e. The Labute approximate surface area is 285 Å². The molecule has 14 heteroatoms. The molecule has 256 valence electrons. The van der Waals surface area contributed by atoms with Crippen LogP contribution in [-0.2, 0) is 33.8 Å². The molecule has 1 aliphatic carbocycles. The molecule has 0 aromatic heterocycles. The Morgan fingerprint density at radius 1 is 0.918 bits per heavy atom. The highest BCUT2D eigenvalue weighted by Gasteiger charge is 2.33. The number of amides is 2. The summed E-state index contributed by atoms with van der Waals surface area (Å²) in [6, 6.07) is 27.3. The molecule has 1 aliphatic rings. The van der Waals surface area contributed by atoms with Crippen molar-refractivity contribution in [2.75, 3.05) is 9.62 Å². The fourth-order valence-electron chi connectivity index (χ4n) is 5.51. The summed E-state index contributed by atoms with van der Waals surface area (Å²) in [5.41, 5.74) is 6.31. The lowest BCUT2D eigenvalue weighted by molar-refractivity contribution is -0.383. The smallest absolute Gasteiger partial charge is 0.405 e. The number of nitrogens with one attached hydrogen (secondary N) is 1. The fraction of sp³-hybridized carbons (Fsp3) is 0.257. The van der Waals surface area contributed by atoms with E-state index in [0.29, 0.717) is 21.4 Å². The highest BCUT2D eigenvalue weighted by molar-refractivity contribution is 7.81. The van der Waals surface area contributed by atoms with E-state index in [9.17, 15) is 28.5 Å². The quantitative estimate of drug-likeness (QED) is 0.0716. The number of para-hydroxylation sites is 1. The Morgan fingerprint density at radius 3 is 2.18 bits per heavy atom. The van der Waals surface area contributed by atoms with Gasteiger partial charge in [0.05, 0.1) is 10.6 Å². The highest BCUT2D eigenvalue weighted by atomic mass is 32.2. The molecule has 0 aliphatic heterocycles. The van der Waals surface area contributed by atoms with Crippen molar-refractivity contribution >= 4 is 40.3 Å². The SMILES string of the molecule is NC(=O)O[C@@H](Cc1ccc(OCc2ccc(Oc3ccccc3)cc2)cc1)C(=O)N(c1ccc(NC2CCCCC2)c([N+](=O)[O-])c1)S(=O)O. The molecule has 2 atom stereocenters. The van der Waals surface area contributed by atoms with Crippen molar-refractivity contribution in [3.63, 3.8) is 0 Å². The third kappa shape index (κ3) is 9.78. The van der Waals surface area contributed by atoms with Crippen molar-refractivity contribution in [2.24, 2.45) is 5.73 Å². The molecule has 4 aromatic carbocycles. The zero-order valence-electron chi connectivity index (χ0n) is 26.4. The van der Waals surface area contributed by atoms with Crippen molar-refractivity contribution in [2.45, 2.75) is 57.3 Å². The van der Waals surface area contributed by atoms with Crippen LogP contribution in [0.4, 0.5) is 21.9 Å². The maximum atomic E-state index is 13.6. The summed E-state index contributed by atoms with van der Waals surface area (Å²) in [6.45, 7) is 0.273. The molecular weight excluding hydrogens is 652 g/mol. The molecule has 1 fully saturated rings. The van der Waals surface area contributed by atoms with Gasteiger partial charge in [-0.3, -0.25) is 19.5 Å². The van der Waals surface area contributed by atoms with E-state index in [-0.39, 0.29) is 36.1 Å². The van der Waals surface area contributed by atoms with Gasteiger partial charge in [-0.2, -0.15) is 0 Å². The van der Waals surface area contributed by atoms with Gasteiger partial charge in [0.2, 0.25) is 0 Å². The van der Waals surface area contributed by atoms with Crippen LogP contribution in [0.2, 0.25) is 0 Å². The van der Waals surface area contributed by atoms with Gasteiger partial charge >= 0.3 is 6.09 Å². The summed E-state index contributed by atoms with van der Waals surface area (Å²) >= 11 is -2.97. The first-order chi connectivity index (χ1) is 23.7. The maximum Gasteiger partial charge on any atom is 0.405 e. The van der Waals surface area contributed by atoms with Crippen LogP contribution in [0.25, 0.3) is 0 Å². The van der Waals surface area contributed by atoms with Gasteiger partial charge in [0.15, 0.2) is 6.10 Å². The topological polar surface area (TPSA) is 184 Å². The van der Waals surface area contributed by atoms with Crippen LogP contribution in [0.3, 0.4) is 0 Å². The number of nitro groups is 1. The molecule has 0 saturated heterocycles. The van der Waals surface area contributed by atoms with Gasteiger partial charge in [-0.25, -0.2) is 13.3 Å². The lowest BCUT2D eigenvalue weighted by atomic mass is 9.95. The molecule has 4 N–H and O–H groups in total. The van der Waals surface area contributed by atoms with Crippen LogP contribution in [0, 0.1) is 10.1 Å². The Hall–Kier alpha value is -5.47. The zero-order chi connectivity index (χ0) is 34.8. The van der Waals surface area contributed by atoms with E-state index in [4.69, 9.17) is 19.9 Å². The summed E-state index contributed by atoms with van der Waals surface area (Å²) in [5.74, 6) is 0.850. The van der Waals surface area contributed by atoms with Crippen LogP contribution < -0.4 is 24.8 Å². The van der Waals surface area contributed by atoms with Gasteiger partial charge in [-0.1, -0.05) is 61.7 Å². The number of ether oxygens (including phenoxy) is 3. The number of nitro benzene ring substituents is 1. The molecular formula is C35H36N4O9S. The van der Waals surface area contributed by atoms with E-state index in [0.717, 1.165) is 49.5 Å². The molecule has 0 radical (unpaired) electrons. The molecule has 13 nitrogen and oxygen atoms in total. The van der Waals surface area contributed by atoms with Gasteiger partial charge in [-0.15, -0.1) is 0 Å². The Bertz CT molecular complexity index is 1770. The number of primary amides is 1. The fourth-order valence-corrected chi connectivity index (χ4v) is 6.08. The summed E-state index contributed by atoms with van der Waals surface area (Å²) < 4.78 is 39.7. The first-order valence-electron chi connectivity index (χ1n) is 15.7. The predicted octanol–water partition coefficient (Wildman–Crippen LogP) is 6.89. The van der Waals surface area contributed by atoms with E-state index >= 15 is 0 Å². The number of rotatable bonds is 14. The summed E-state index contributed by atoms with van der Waals surface area (Å²) in [7, 11) is 0. The molecule has 0 spiro atoms. The Kier molecular flexibility index (Phi) is 11.8. The van der Waals surface area contributed by atoms with Crippen molar-refractivity contribution in [1.82, 2.24) is 0 Å². The third-order valence-electron chi connectivity index (χ3n) is 7.92. The number of anilines is 2. The van der Waals surface area contributed by atoms with Gasteiger partial charge in [-0.05, 0) is 72.5 Å². The number of benzene rings is 4. The van der Waals surface area contributed by atoms with E-state index in [1.807, 2.05) is 54.6 Å². The van der Waals surface area contributed by atoms with Crippen molar-refractivity contribution < 1.29 is 37.5 Å².